The minimum absolute atomic E-state index is 0.0192. The van der Waals surface area contributed by atoms with E-state index in [2.05, 4.69) is 0 Å². The molecule has 2 aliphatic rings. The Bertz CT molecular complexity index is 1000. The summed E-state index contributed by atoms with van der Waals surface area (Å²) in [5.74, 6) is -0.385. The Kier molecular flexibility index (Phi) is 5.37. The number of hydrogen-bond donors (Lipinski definition) is 0. The molecule has 2 amide bonds. The first kappa shape index (κ1) is 19.8. The van der Waals surface area contributed by atoms with Gasteiger partial charge in [0.1, 0.15) is 11.3 Å². The topological polar surface area (TPSA) is 102 Å². The van der Waals surface area contributed by atoms with Crippen molar-refractivity contribution < 1.29 is 24.0 Å². The highest BCUT2D eigenvalue weighted by Gasteiger charge is 2.38. The standard InChI is InChI=1S/C21H21N3O6/c1-14-5-4-6-15(19(14)24(27)28)20(25)23-13-18(21(26)22-9-11-29-12-10-22)30-17-8-3-2-7-16(17)23/h2-8,18H,9-13H2,1H3. The molecule has 9 heteroatoms. The van der Waals surface area contributed by atoms with Gasteiger partial charge in [0.05, 0.1) is 30.4 Å². The molecule has 0 bridgehead atoms. The van der Waals surface area contributed by atoms with E-state index in [1.54, 1.807) is 48.2 Å². The molecule has 0 aromatic heterocycles. The van der Waals surface area contributed by atoms with Gasteiger partial charge in [-0.2, -0.15) is 0 Å². The monoisotopic (exact) mass is 411 g/mol. The van der Waals surface area contributed by atoms with Crippen molar-refractivity contribution >= 4 is 23.2 Å². The number of benzene rings is 2. The van der Waals surface area contributed by atoms with Crippen molar-refractivity contribution in [3.63, 3.8) is 0 Å². The van der Waals surface area contributed by atoms with Gasteiger partial charge in [0.25, 0.3) is 17.5 Å². The lowest BCUT2D eigenvalue weighted by Gasteiger charge is -2.37. The molecule has 2 heterocycles. The second-order valence-corrected chi connectivity index (χ2v) is 7.16. The number of carbonyl (C=O) groups excluding carboxylic acids is 2. The number of aryl methyl sites for hydroxylation is 1. The van der Waals surface area contributed by atoms with E-state index in [0.717, 1.165) is 0 Å². The van der Waals surface area contributed by atoms with Crippen LogP contribution in [0, 0.1) is 17.0 Å². The van der Waals surface area contributed by atoms with Crippen LogP contribution in [0.5, 0.6) is 5.75 Å². The minimum Gasteiger partial charge on any atom is -0.476 e. The number of hydrogen-bond acceptors (Lipinski definition) is 6. The van der Waals surface area contributed by atoms with Crippen LogP contribution in [-0.2, 0) is 9.53 Å². The molecule has 1 saturated heterocycles. The molecule has 156 valence electrons. The maximum Gasteiger partial charge on any atom is 0.285 e. The molecule has 0 N–H and O–H groups in total. The van der Waals surface area contributed by atoms with Crippen LogP contribution in [0.15, 0.2) is 42.5 Å². The first-order valence-corrected chi connectivity index (χ1v) is 9.65. The van der Waals surface area contributed by atoms with Gasteiger partial charge >= 0.3 is 0 Å². The van der Waals surface area contributed by atoms with Crippen molar-refractivity contribution in [1.82, 2.24) is 4.90 Å². The molecule has 4 rings (SSSR count). The fourth-order valence-electron chi connectivity index (χ4n) is 3.76. The van der Waals surface area contributed by atoms with Crippen molar-refractivity contribution in [2.45, 2.75) is 13.0 Å². The Morgan fingerprint density at radius 2 is 1.83 bits per heavy atom. The van der Waals surface area contributed by atoms with Crippen molar-refractivity contribution in [3.8, 4) is 5.75 Å². The molecule has 0 saturated carbocycles. The van der Waals surface area contributed by atoms with Crippen molar-refractivity contribution in [2.24, 2.45) is 0 Å². The van der Waals surface area contributed by atoms with Gasteiger partial charge < -0.3 is 19.3 Å². The zero-order valence-corrected chi connectivity index (χ0v) is 16.4. The summed E-state index contributed by atoms with van der Waals surface area (Å²) in [6, 6.07) is 11.5. The highest BCUT2D eigenvalue weighted by Crippen LogP contribution is 2.36. The Labute approximate surface area is 172 Å². The van der Waals surface area contributed by atoms with Crippen molar-refractivity contribution in [3.05, 3.63) is 63.7 Å². The lowest BCUT2D eigenvalue weighted by molar-refractivity contribution is -0.385. The van der Waals surface area contributed by atoms with E-state index in [0.29, 0.717) is 43.3 Å². The highest BCUT2D eigenvalue weighted by molar-refractivity contribution is 6.10. The summed E-state index contributed by atoms with van der Waals surface area (Å²) in [7, 11) is 0. The summed E-state index contributed by atoms with van der Waals surface area (Å²) < 4.78 is 11.2. The number of anilines is 1. The third-order valence-corrected chi connectivity index (χ3v) is 5.27. The number of para-hydroxylation sites is 3. The average Bonchev–Trinajstić information content (AvgIpc) is 2.77. The molecule has 1 fully saturated rings. The molecular formula is C21H21N3O6. The molecule has 0 radical (unpaired) electrons. The maximum atomic E-state index is 13.4. The highest BCUT2D eigenvalue weighted by atomic mass is 16.6. The number of amides is 2. The van der Waals surface area contributed by atoms with Crippen LogP contribution >= 0.6 is 0 Å². The summed E-state index contributed by atoms with van der Waals surface area (Å²) in [5, 5.41) is 11.6. The van der Waals surface area contributed by atoms with Crippen LogP contribution in [-0.4, -0.2) is 60.6 Å². The van der Waals surface area contributed by atoms with E-state index in [4.69, 9.17) is 9.47 Å². The SMILES string of the molecule is Cc1cccc(C(=O)N2CC(C(=O)N3CCOCC3)Oc3ccccc32)c1[N+](=O)[O-]. The zero-order chi connectivity index (χ0) is 21.3. The first-order valence-electron chi connectivity index (χ1n) is 9.65. The van der Waals surface area contributed by atoms with Crippen molar-refractivity contribution in [2.75, 3.05) is 37.7 Å². The summed E-state index contributed by atoms with van der Waals surface area (Å²) in [5.41, 5.74) is 0.620. The predicted octanol–water partition coefficient (Wildman–Crippen LogP) is 2.17. The smallest absolute Gasteiger partial charge is 0.285 e. The Balaban J connectivity index is 1.70. The second-order valence-electron chi connectivity index (χ2n) is 7.16. The largest absolute Gasteiger partial charge is 0.476 e. The number of morpholine rings is 1. The van der Waals surface area contributed by atoms with Crippen LogP contribution in [0.25, 0.3) is 0 Å². The van der Waals surface area contributed by atoms with E-state index in [1.807, 2.05) is 0 Å². The molecule has 30 heavy (non-hydrogen) atoms. The molecule has 0 aliphatic carbocycles. The molecule has 2 aromatic rings. The lowest BCUT2D eigenvalue weighted by atomic mass is 10.1. The average molecular weight is 411 g/mol. The van der Waals surface area contributed by atoms with Crippen LogP contribution in [0.1, 0.15) is 15.9 Å². The quantitative estimate of drug-likeness (QED) is 0.567. The molecule has 2 aromatic carbocycles. The summed E-state index contributed by atoms with van der Waals surface area (Å²) in [4.78, 5) is 40.5. The molecule has 9 nitrogen and oxygen atoms in total. The van der Waals surface area contributed by atoms with Gasteiger partial charge in [0.15, 0.2) is 6.10 Å². The Hall–Kier alpha value is -3.46. The first-order chi connectivity index (χ1) is 14.5. The van der Waals surface area contributed by atoms with E-state index in [9.17, 15) is 19.7 Å². The van der Waals surface area contributed by atoms with Gasteiger partial charge in [-0.05, 0) is 25.1 Å². The van der Waals surface area contributed by atoms with E-state index in [-0.39, 0.29) is 23.7 Å². The van der Waals surface area contributed by atoms with E-state index >= 15 is 0 Å². The summed E-state index contributed by atoms with van der Waals surface area (Å²) >= 11 is 0. The normalized spacial score (nSPS) is 18.4. The van der Waals surface area contributed by atoms with Gasteiger partial charge in [0.2, 0.25) is 0 Å². The Morgan fingerprint density at radius 1 is 1.10 bits per heavy atom. The minimum atomic E-state index is -0.897. The molecule has 1 unspecified atom stereocenters. The third kappa shape index (κ3) is 3.59. The lowest BCUT2D eigenvalue weighted by Crippen LogP contribution is -2.54. The zero-order valence-electron chi connectivity index (χ0n) is 16.4. The number of fused-ring (bicyclic) bond motifs is 1. The summed E-state index contributed by atoms with van der Waals surface area (Å²) in [6.07, 6.45) is -0.897. The second kappa shape index (κ2) is 8.11. The number of nitro benzene ring substituents is 1. The van der Waals surface area contributed by atoms with Gasteiger partial charge in [-0.3, -0.25) is 19.7 Å². The third-order valence-electron chi connectivity index (χ3n) is 5.27. The van der Waals surface area contributed by atoms with Gasteiger partial charge in [-0.15, -0.1) is 0 Å². The van der Waals surface area contributed by atoms with Crippen LogP contribution in [0.4, 0.5) is 11.4 Å². The molecule has 0 spiro atoms. The van der Waals surface area contributed by atoms with Gasteiger partial charge in [-0.1, -0.05) is 24.3 Å². The number of rotatable bonds is 3. The molecule has 1 atom stereocenters. The van der Waals surface area contributed by atoms with Crippen molar-refractivity contribution in [1.29, 1.82) is 0 Å². The Morgan fingerprint density at radius 3 is 2.57 bits per heavy atom. The van der Waals surface area contributed by atoms with Gasteiger partial charge in [-0.25, -0.2) is 0 Å². The number of carbonyl (C=O) groups is 2. The molecular weight excluding hydrogens is 390 g/mol. The van der Waals surface area contributed by atoms with E-state index < -0.39 is 16.9 Å². The number of nitrogens with zero attached hydrogens (tertiary/aromatic N) is 3. The van der Waals surface area contributed by atoms with Crippen LogP contribution in [0.3, 0.4) is 0 Å². The number of nitro groups is 1. The van der Waals surface area contributed by atoms with Gasteiger partial charge in [0, 0.05) is 18.7 Å². The summed E-state index contributed by atoms with van der Waals surface area (Å²) in [6.45, 7) is 3.37. The van der Waals surface area contributed by atoms with Crippen LogP contribution in [0.2, 0.25) is 0 Å². The molecule has 2 aliphatic heterocycles. The predicted molar refractivity (Wildman–Crippen MR) is 108 cm³/mol. The maximum absolute atomic E-state index is 13.4. The fourth-order valence-corrected chi connectivity index (χ4v) is 3.76. The van der Waals surface area contributed by atoms with E-state index in [1.165, 1.54) is 11.0 Å². The fraction of sp³-hybridized carbons (Fsp3) is 0.333. The van der Waals surface area contributed by atoms with Crippen LogP contribution < -0.4 is 9.64 Å². The number of ether oxygens (including phenoxy) is 2.